The van der Waals surface area contributed by atoms with Crippen molar-refractivity contribution in [2.45, 2.75) is 6.18 Å². The fourth-order valence-electron chi connectivity index (χ4n) is 1.13. The third-order valence-electron chi connectivity index (χ3n) is 1.87. The Morgan fingerprint density at radius 1 is 1.31 bits per heavy atom. The number of benzene rings is 1. The number of alkyl halides is 3. The van der Waals surface area contributed by atoms with Crippen molar-refractivity contribution in [1.29, 1.82) is 0 Å². The second kappa shape index (κ2) is 3.96. The molecule has 1 rings (SSSR count). The van der Waals surface area contributed by atoms with E-state index in [-0.39, 0.29) is 0 Å². The summed E-state index contributed by atoms with van der Waals surface area (Å²) >= 11 is 0. The van der Waals surface area contributed by atoms with Crippen LogP contribution in [0.3, 0.4) is 0 Å². The quantitative estimate of drug-likeness (QED) is 0.631. The second-order valence-electron chi connectivity index (χ2n) is 2.97. The summed E-state index contributed by atoms with van der Waals surface area (Å²) < 4.78 is 50.1. The zero-order valence-electron chi connectivity index (χ0n) is 7.81. The Balaban J connectivity index is 3.41. The molecule has 0 aliphatic heterocycles. The molecule has 0 atom stereocenters. The fourth-order valence-corrected chi connectivity index (χ4v) is 1.13. The van der Waals surface area contributed by atoms with E-state index in [1.54, 1.807) is 0 Å². The maximum absolute atomic E-state index is 12.8. The fraction of sp³-hybridized carbons (Fsp3) is 0.100. The van der Waals surface area contributed by atoms with Crippen LogP contribution < -0.4 is 0 Å². The summed E-state index contributed by atoms with van der Waals surface area (Å²) in [7, 11) is 0. The Kier molecular flexibility index (Phi) is 3.02. The molecule has 1 aromatic rings. The first-order valence-corrected chi connectivity index (χ1v) is 4.03. The molecule has 86 valence electrons. The van der Waals surface area contributed by atoms with Crippen molar-refractivity contribution in [3.8, 4) is 0 Å². The number of carboxylic acids is 1. The molecule has 0 aliphatic rings. The summed E-state index contributed by atoms with van der Waals surface area (Å²) in [6, 6.07) is 1.60. The number of aliphatic carboxylic acids is 1. The summed E-state index contributed by atoms with van der Waals surface area (Å²) in [5.41, 5.74) is -2.78. The van der Waals surface area contributed by atoms with Gasteiger partial charge in [0.1, 0.15) is 5.82 Å². The van der Waals surface area contributed by atoms with Crippen LogP contribution in [0.15, 0.2) is 24.8 Å². The van der Waals surface area contributed by atoms with Crippen LogP contribution in [0.2, 0.25) is 0 Å². The largest absolute Gasteiger partial charge is 0.478 e. The van der Waals surface area contributed by atoms with E-state index < -0.39 is 34.7 Å². The number of carboxylic acid groups (broad SMARTS) is 1. The van der Waals surface area contributed by atoms with E-state index in [4.69, 9.17) is 5.11 Å². The van der Waals surface area contributed by atoms with Crippen molar-refractivity contribution < 1.29 is 27.5 Å². The Morgan fingerprint density at radius 3 is 2.31 bits per heavy atom. The van der Waals surface area contributed by atoms with Gasteiger partial charge in [-0.3, -0.25) is 0 Å². The minimum atomic E-state index is -4.75. The van der Waals surface area contributed by atoms with Gasteiger partial charge < -0.3 is 5.11 Å². The molecule has 0 aromatic heterocycles. The maximum Gasteiger partial charge on any atom is 0.417 e. The molecule has 1 aromatic carbocycles. The Bertz CT molecular complexity index is 449. The first kappa shape index (κ1) is 12.2. The van der Waals surface area contributed by atoms with Crippen molar-refractivity contribution in [1.82, 2.24) is 0 Å². The normalized spacial score (nSPS) is 11.2. The highest BCUT2D eigenvalue weighted by atomic mass is 19.4. The van der Waals surface area contributed by atoms with Crippen LogP contribution in [0.25, 0.3) is 5.57 Å². The zero-order chi connectivity index (χ0) is 12.5. The van der Waals surface area contributed by atoms with Crippen molar-refractivity contribution in [2.75, 3.05) is 0 Å². The minimum Gasteiger partial charge on any atom is -0.478 e. The van der Waals surface area contributed by atoms with Crippen molar-refractivity contribution in [2.24, 2.45) is 0 Å². The smallest absolute Gasteiger partial charge is 0.417 e. The summed E-state index contributed by atoms with van der Waals surface area (Å²) in [6.07, 6.45) is -4.75. The molecule has 0 aliphatic carbocycles. The van der Waals surface area contributed by atoms with Crippen molar-refractivity contribution >= 4 is 11.5 Å². The first-order chi connectivity index (χ1) is 7.23. The maximum atomic E-state index is 12.8. The van der Waals surface area contributed by atoms with Gasteiger partial charge in [0.05, 0.1) is 11.1 Å². The van der Waals surface area contributed by atoms with Gasteiger partial charge in [-0.05, 0) is 18.2 Å². The molecular formula is C10H6F4O2. The van der Waals surface area contributed by atoms with Crippen LogP contribution in [0.1, 0.15) is 11.1 Å². The topological polar surface area (TPSA) is 37.3 Å². The first-order valence-electron chi connectivity index (χ1n) is 4.03. The molecule has 0 radical (unpaired) electrons. The van der Waals surface area contributed by atoms with Gasteiger partial charge in [-0.2, -0.15) is 13.2 Å². The van der Waals surface area contributed by atoms with E-state index in [0.29, 0.717) is 18.2 Å². The molecular weight excluding hydrogens is 228 g/mol. The number of rotatable bonds is 2. The Labute approximate surface area is 87.8 Å². The van der Waals surface area contributed by atoms with Gasteiger partial charge in [-0.1, -0.05) is 6.58 Å². The van der Waals surface area contributed by atoms with E-state index >= 15 is 0 Å². The summed E-state index contributed by atoms with van der Waals surface area (Å²) in [5, 5.41) is 8.53. The van der Waals surface area contributed by atoms with E-state index in [9.17, 15) is 22.4 Å². The summed E-state index contributed by atoms with van der Waals surface area (Å²) in [6.45, 7) is 2.97. The van der Waals surface area contributed by atoms with Crippen LogP contribution in [-0.2, 0) is 11.0 Å². The molecule has 1 N–H and O–H groups in total. The highest BCUT2D eigenvalue weighted by Crippen LogP contribution is 2.34. The van der Waals surface area contributed by atoms with Crippen molar-refractivity contribution in [3.05, 3.63) is 41.7 Å². The average Bonchev–Trinajstić information content (AvgIpc) is 2.14. The van der Waals surface area contributed by atoms with E-state index in [1.807, 2.05) is 0 Å². The van der Waals surface area contributed by atoms with Crippen molar-refractivity contribution in [3.63, 3.8) is 0 Å². The molecule has 0 saturated carbocycles. The monoisotopic (exact) mass is 234 g/mol. The van der Waals surface area contributed by atoms with Gasteiger partial charge >= 0.3 is 12.1 Å². The molecule has 0 saturated heterocycles. The molecule has 0 unspecified atom stereocenters. The molecule has 0 bridgehead atoms. The van der Waals surface area contributed by atoms with Gasteiger partial charge in [-0.15, -0.1) is 0 Å². The van der Waals surface area contributed by atoms with Crippen LogP contribution in [0.5, 0.6) is 0 Å². The second-order valence-corrected chi connectivity index (χ2v) is 2.97. The SMILES string of the molecule is C=C(C(=O)O)c1cc(F)ccc1C(F)(F)F. The predicted molar refractivity (Wildman–Crippen MR) is 48.1 cm³/mol. The average molecular weight is 234 g/mol. The molecule has 16 heavy (non-hydrogen) atoms. The lowest BCUT2D eigenvalue weighted by Crippen LogP contribution is -2.11. The molecule has 0 spiro atoms. The van der Waals surface area contributed by atoms with Crippen LogP contribution >= 0.6 is 0 Å². The van der Waals surface area contributed by atoms with Gasteiger partial charge in [-0.25, -0.2) is 9.18 Å². The number of carbonyl (C=O) groups is 1. The molecule has 2 nitrogen and oxygen atoms in total. The number of hydrogen-bond donors (Lipinski definition) is 1. The Hall–Kier alpha value is -1.85. The number of halogens is 4. The van der Waals surface area contributed by atoms with Crippen LogP contribution in [-0.4, -0.2) is 11.1 Å². The lowest BCUT2D eigenvalue weighted by atomic mass is 10.0. The molecule has 6 heteroatoms. The Morgan fingerprint density at radius 2 is 1.88 bits per heavy atom. The highest BCUT2D eigenvalue weighted by Gasteiger charge is 2.34. The van der Waals surface area contributed by atoms with Gasteiger partial charge in [0.25, 0.3) is 0 Å². The molecule has 0 heterocycles. The standard InChI is InChI=1S/C10H6F4O2/c1-5(9(15)16)7-4-6(11)2-3-8(7)10(12,13)14/h2-4H,1H2,(H,15,16). The molecule has 0 fully saturated rings. The number of hydrogen-bond acceptors (Lipinski definition) is 1. The third kappa shape index (κ3) is 2.39. The highest BCUT2D eigenvalue weighted by molar-refractivity contribution is 6.14. The molecule has 0 amide bonds. The van der Waals surface area contributed by atoms with Gasteiger partial charge in [0.2, 0.25) is 0 Å². The van der Waals surface area contributed by atoms with Gasteiger partial charge in [0.15, 0.2) is 0 Å². The lowest BCUT2D eigenvalue weighted by Gasteiger charge is -2.12. The minimum absolute atomic E-state index is 0.485. The van der Waals surface area contributed by atoms with Crippen LogP contribution in [0, 0.1) is 5.82 Å². The zero-order valence-corrected chi connectivity index (χ0v) is 7.81. The van der Waals surface area contributed by atoms with E-state index in [1.165, 1.54) is 0 Å². The van der Waals surface area contributed by atoms with E-state index in [2.05, 4.69) is 6.58 Å². The predicted octanol–water partition coefficient (Wildman–Crippen LogP) is 2.94. The van der Waals surface area contributed by atoms with E-state index in [0.717, 1.165) is 0 Å². The summed E-state index contributed by atoms with van der Waals surface area (Å²) in [4.78, 5) is 10.5. The summed E-state index contributed by atoms with van der Waals surface area (Å²) in [5.74, 6) is -2.58. The van der Waals surface area contributed by atoms with Crippen LogP contribution in [0.4, 0.5) is 17.6 Å². The van der Waals surface area contributed by atoms with Gasteiger partial charge in [0, 0.05) is 5.56 Å². The third-order valence-corrected chi connectivity index (χ3v) is 1.87. The lowest BCUT2D eigenvalue weighted by molar-refractivity contribution is -0.137.